The van der Waals surface area contributed by atoms with Crippen LogP contribution in [0.4, 0.5) is 0 Å². The summed E-state index contributed by atoms with van der Waals surface area (Å²) in [5.41, 5.74) is 0. The molecular weight excluding hydrogens is 142 g/mol. The molecule has 0 rings (SSSR count). The van der Waals surface area contributed by atoms with Gasteiger partial charge in [0.1, 0.15) is 1.37 Å². The minimum atomic E-state index is -2.92. The van der Waals surface area contributed by atoms with Gasteiger partial charge in [0.2, 0.25) is 5.91 Å². The molecule has 0 saturated carbocycles. The van der Waals surface area contributed by atoms with E-state index in [1.807, 2.05) is 0 Å². The molecule has 6 heteroatoms. The van der Waals surface area contributed by atoms with E-state index >= 15 is 0 Å². The van der Waals surface area contributed by atoms with E-state index in [1.54, 1.807) is 0 Å². The van der Waals surface area contributed by atoms with Crippen LogP contribution in [0.25, 0.3) is 0 Å². The zero-order valence-corrected chi connectivity index (χ0v) is 5.08. The largest absolute Gasteiger partial charge is 0.478 e. The Morgan fingerprint density at radius 3 is 2.40 bits per heavy atom. The average molecular weight is 149 g/mol. The van der Waals surface area contributed by atoms with Crippen molar-refractivity contribution in [3.05, 3.63) is 0 Å². The van der Waals surface area contributed by atoms with Crippen LogP contribution in [0.2, 0.25) is 0 Å². The highest BCUT2D eigenvalue weighted by atomic mass is 17.1. The molecule has 1 atom stereocenters. The summed E-state index contributed by atoms with van der Waals surface area (Å²) in [6.45, 7) is 0.964. The molecule has 0 aromatic heterocycles. The maximum Gasteiger partial charge on any atom is 0.357 e. The normalized spacial score (nSPS) is 16.8. The summed E-state index contributed by atoms with van der Waals surface area (Å²) in [5.74, 6) is -2.71. The number of carboxylic acid groups (broad SMARTS) is 1. The molecule has 10 heavy (non-hydrogen) atoms. The van der Waals surface area contributed by atoms with Crippen molar-refractivity contribution in [1.82, 2.24) is 5.32 Å². The first-order valence-corrected chi connectivity index (χ1v) is 2.25. The summed E-state index contributed by atoms with van der Waals surface area (Å²) in [6, 6.07) is 0. The van der Waals surface area contributed by atoms with Crippen molar-refractivity contribution in [3.63, 3.8) is 0 Å². The van der Waals surface area contributed by atoms with E-state index in [9.17, 15) is 14.8 Å². The number of carbonyl (C=O) groups is 2. The van der Waals surface area contributed by atoms with Crippen LogP contribution in [0.3, 0.4) is 0 Å². The van der Waals surface area contributed by atoms with Crippen LogP contribution in [-0.2, 0) is 19.7 Å². The van der Waals surface area contributed by atoms with E-state index in [2.05, 4.69) is 4.89 Å². The number of amides is 1. The molecule has 0 aromatic rings. The Labute approximate surface area is 57.7 Å². The highest BCUT2D eigenvalue weighted by Crippen LogP contribution is 1.83. The first-order chi connectivity index (χ1) is 4.92. The van der Waals surface area contributed by atoms with Gasteiger partial charge in [-0.15, -0.1) is 0 Å². The van der Waals surface area contributed by atoms with Crippen LogP contribution in [0, 0.1) is 0 Å². The molecule has 1 unspecified atom stereocenters. The number of hydrogen-bond acceptors (Lipinski definition) is 3. The second-order valence-electron chi connectivity index (χ2n) is 1.40. The van der Waals surface area contributed by atoms with E-state index in [1.165, 1.54) is 5.32 Å². The molecule has 0 bridgehead atoms. The standard InChI is InChI=1S/C4H6NO5/c1-2(6)5-3(10-9)4(7)8/h3H,1H3,(H,5,6)(H,7,8)/i3D. The number of hydrogen-bond donors (Lipinski definition) is 2. The van der Waals surface area contributed by atoms with E-state index in [4.69, 9.17) is 6.48 Å². The highest BCUT2D eigenvalue weighted by Gasteiger charge is 2.18. The highest BCUT2D eigenvalue weighted by molar-refractivity contribution is 5.80. The number of carbonyl (C=O) groups excluding carboxylic acids is 1. The molecule has 0 heterocycles. The smallest absolute Gasteiger partial charge is 0.357 e. The zero-order valence-electron chi connectivity index (χ0n) is 6.08. The van der Waals surface area contributed by atoms with Crippen molar-refractivity contribution < 1.29 is 26.2 Å². The number of aliphatic carboxylic acids is 1. The predicted octanol–water partition coefficient (Wildman–Crippen LogP) is -1.10. The van der Waals surface area contributed by atoms with Crippen LogP contribution in [0.5, 0.6) is 0 Å². The van der Waals surface area contributed by atoms with Crippen LogP contribution >= 0.6 is 0 Å². The number of carboxylic acids is 1. The molecule has 1 amide bonds. The molecule has 57 valence electrons. The average Bonchev–Trinajstić information content (AvgIpc) is 1.86. The Morgan fingerprint density at radius 1 is 1.80 bits per heavy atom. The van der Waals surface area contributed by atoms with Crippen LogP contribution in [0.1, 0.15) is 8.29 Å². The van der Waals surface area contributed by atoms with E-state index in [-0.39, 0.29) is 0 Å². The van der Waals surface area contributed by atoms with Gasteiger partial charge in [-0.2, -0.15) is 4.89 Å². The van der Waals surface area contributed by atoms with Gasteiger partial charge in [-0.1, -0.05) is 0 Å². The minimum absolute atomic E-state index is 0.835. The van der Waals surface area contributed by atoms with Crippen molar-refractivity contribution in [3.8, 4) is 0 Å². The van der Waals surface area contributed by atoms with Crippen molar-refractivity contribution >= 4 is 11.9 Å². The van der Waals surface area contributed by atoms with Crippen molar-refractivity contribution in [1.29, 1.82) is 0 Å². The van der Waals surface area contributed by atoms with E-state index in [0.717, 1.165) is 6.92 Å². The Morgan fingerprint density at radius 2 is 2.30 bits per heavy atom. The van der Waals surface area contributed by atoms with Gasteiger partial charge < -0.3 is 10.4 Å². The molecule has 0 spiro atoms. The minimum Gasteiger partial charge on any atom is -0.478 e. The lowest BCUT2D eigenvalue weighted by molar-refractivity contribution is -0.333. The third-order valence-electron chi connectivity index (χ3n) is 0.567. The molecule has 0 aromatic carbocycles. The van der Waals surface area contributed by atoms with Gasteiger partial charge in [0, 0.05) is 6.92 Å². The van der Waals surface area contributed by atoms with Crippen LogP contribution in [0.15, 0.2) is 0 Å². The molecule has 0 fully saturated rings. The lowest BCUT2D eigenvalue weighted by Crippen LogP contribution is -2.40. The lowest BCUT2D eigenvalue weighted by atomic mass is 10.5. The molecule has 6 nitrogen and oxygen atoms in total. The summed E-state index contributed by atoms with van der Waals surface area (Å²) in [7, 11) is 0. The van der Waals surface area contributed by atoms with Gasteiger partial charge in [-0.3, -0.25) is 4.79 Å². The van der Waals surface area contributed by atoms with Crippen LogP contribution in [-0.4, -0.2) is 23.2 Å². The fourth-order valence-electron chi connectivity index (χ4n) is 0.270. The van der Waals surface area contributed by atoms with Crippen LogP contribution < -0.4 is 5.32 Å². The Bertz CT molecular complexity index is 183. The third-order valence-corrected chi connectivity index (χ3v) is 0.567. The number of rotatable bonds is 3. The molecular formula is C4H6NO5. The first-order valence-electron chi connectivity index (χ1n) is 2.75. The summed E-state index contributed by atoms with van der Waals surface area (Å²) in [6.07, 6.45) is -2.92. The summed E-state index contributed by atoms with van der Waals surface area (Å²) in [4.78, 5) is 23.3. The molecule has 0 aliphatic carbocycles. The molecule has 0 aliphatic heterocycles. The van der Waals surface area contributed by atoms with E-state index < -0.39 is 18.1 Å². The quantitative estimate of drug-likeness (QED) is 0.302. The second kappa shape index (κ2) is 3.80. The zero-order chi connectivity index (χ0) is 9.07. The van der Waals surface area contributed by atoms with Gasteiger partial charge in [-0.25, -0.2) is 4.79 Å². The molecule has 0 aliphatic rings. The number of nitrogens with one attached hydrogen (secondary N) is 1. The maximum absolute atomic E-state index is 10.2. The second-order valence-corrected chi connectivity index (χ2v) is 1.40. The van der Waals surface area contributed by atoms with Gasteiger partial charge in [0.15, 0.2) is 0 Å². The monoisotopic (exact) mass is 149 g/mol. The lowest BCUT2D eigenvalue weighted by Gasteiger charge is -2.05. The fraction of sp³-hybridized carbons (Fsp3) is 0.500. The Kier molecular flexibility index (Phi) is 2.65. The predicted molar refractivity (Wildman–Crippen MR) is 27.0 cm³/mol. The Hall–Kier alpha value is -1.14. The van der Waals surface area contributed by atoms with Gasteiger partial charge in [0.05, 0.1) is 0 Å². The molecule has 2 N–H and O–H groups in total. The SMILES string of the molecule is [2H]C(NC(C)=O)(O[O])C(=O)O. The topological polar surface area (TPSA) is 95.5 Å². The molecule has 0 saturated heterocycles. The van der Waals surface area contributed by atoms with Gasteiger partial charge in [-0.05, 0) is 5.26 Å². The van der Waals surface area contributed by atoms with E-state index in [0.29, 0.717) is 0 Å². The summed E-state index contributed by atoms with van der Waals surface area (Å²) < 4.78 is 6.69. The first kappa shape index (κ1) is 6.97. The summed E-state index contributed by atoms with van der Waals surface area (Å²) in [5, 5.41) is 19.3. The fourth-order valence-corrected chi connectivity index (χ4v) is 0.270. The summed E-state index contributed by atoms with van der Waals surface area (Å²) >= 11 is 0. The maximum atomic E-state index is 10.2. The van der Waals surface area contributed by atoms with Gasteiger partial charge >= 0.3 is 5.97 Å². The van der Waals surface area contributed by atoms with Gasteiger partial charge in [0.25, 0.3) is 6.20 Å². The molecule has 1 radical (unpaired) electrons. The van der Waals surface area contributed by atoms with Crippen molar-refractivity contribution in [2.24, 2.45) is 0 Å². The van der Waals surface area contributed by atoms with Crippen molar-refractivity contribution in [2.75, 3.05) is 0 Å². The van der Waals surface area contributed by atoms with Crippen molar-refractivity contribution in [2.45, 2.75) is 13.1 Å². The Balaban J connectivity index is 4.34. The third kappa shape index (κ3) is 3.00.